The average molecular weight is 780 g/mol. The van der Waals surface area contributed by atoms with E-state index >= 15 is 4.39 Å². The van der Waals surface area contributed by atoms with Crippen molar-refractivity contribution in [3.63, 3.8) is 0 Å². The van der Waals surface area contributed by atoms with Crippen LogP contribution >= 0.6 is 11.6 Å². The van der Waals surface area contributed by atoms with Crippen LogP contribution < -0.4 is 9.64 Å². The first-order chi connectivity index (χ1) is 27.3. The molecule has 0 radical (unpaired) electrons. The maximum Gasteiger partial charge on any atom is 0.319 e. The third-order valence-electron chi connectivity index (χ3n) is 11.7. The molecule has 9 rings (SSSR count). The van der Waals surface area contributed by atoms with Crippen LogP contribution in [0.2, 0.25) is 5.02 Å². The lowest BCUT2D eigenvalue weighted by molar-refractivity contribution is -0.128. The van der Waals surface area contributed by atoms with E-state index in [1.807, 2.05) is 39.9 Å². The van der Waals surface area contributed by atoms with Gasteiger partial charge in [-0.1, -0.05) is 48.0 Å². The number of fused-ring (bicyclic) bond motifs is 4. The van der Waals surface area contributed by atoms with Gasteiger partial charge in [-0.3, -0.25) is 19.6 Å². The number of halogens is 3. The van der Waals surface area contributed by atoms with Crippen LogP contribution in [0.3, 0.4) is 0 Å². The molecule has 13 nitrogen and oxygen atoms in total. The number of pyridine rings is 1. The zero-order chi connectivity index (χ0) is 38.4. The van der Waals surface area contributed by atoms with Crippen LogP contribution in [0.15, 0.2) is 61.1 Å². The van der Waals surface area contributed by atoms with Crippen LogP contribution in [0.4, 0.5) is 14.6 Å². The van der Waals surface area contributed by atoms with Crippen molar-refractivity contribution in [2.45, 2.75) is 56.5 Å². The molecule has 7 heterocycles. The summed E-state index contributed by atoms with van der Waals surface area (Å²) in [5.41, 5.74) is 0.154. The predicted octanol–water partition coefficient (Wildman–Crippen LogP) is 5.19. The third-order valence-corrected chi connectivity index (χ3v) is 12.0. The second-order valence-electron chi connectivity index (χ2n) is 15.1. The van der Waals surface area contributed by atoms with Crippen LogP contribution in [0.25, 0.3) is 32.9 Å². The summed E-state index contributed by atoms with van der Waals surface area (Å²) in [5.74, 6) is 0.437. The van der Waals surface area contributed by atoms with E-state index in [9.17, 15) is 14.4 Å². The Hall–Kier alpha value is -5.30. The molecular weight excluding hydrogens is 740 g/mol. The Morgan fingerprint density at radius 1 is 1.09 bits per heavy atom. The smallest absolute Gasteiger partial charge is 0.319 e. The van der Waals surface area contributed by atoms with Crippen molar-refractivity contribution in [3.05, 3.63) is 77.7 Å². The molecule has 2 aromatic carbocycles. The van der Waals surface area contributed by atoms with Gasteiger partial charge in [-0.25, -0.2) is 18.4 Å². The Bertz CT molecular complexity index is 2380. The van der Waals surface area contributed by atoms with E-state index in [0.717, 1.165) is 43.7 Å². The number of benzene rings is 2. The maximum atomic E-state index is 17.0. The number of alkyl halides is 1. The first kappa shape index (κ1) is 36.3. The molecule has 0 unspecified atom stereocenters. The molecule has 0 aliphatic carbocycles. The number of carbonyl (C=O) groups excluding carboxylic acids is 1. The van der Waals surface area contributed by atoms with Crippen LogP contribution in [-0.2, 0) is 17.9 Å². The summed E-state index contributed by atoms with van der Waals surface area (Å²) in [4.78, 5) is 40.0. The minimum absolute atomic E-state index is 0.0175. The fraction of sp³-hybridized carbons (Fsp3) is 0.425. The van der Waals surface area contributed by atoms with E-state index in [1.54, 1.807) is 35.6 Å². The molecule has 0 saturated carbocycles. The Balaban J connectivity index is 1.02. The zero-order valence-corrected chi connectivity index (χ0v) is 31.5. The van der Waals surface area contributed by atoms with Crippen molar-refractivity contribution >= 4 is 45.0 Å². The number of ether oxygens (including phenoxy) is 1. The SMILES string of the molecule is N#CC[C@H]1CN(c2nc(OC[C@@]34CCCN3C[C@H](F)C4)nc3c(F)c(-c4cccc5cccc(Cl)c45)ncc23)CCN1C(=O)/C=C/CN1CCn2ncnc2C1. The normalized spacial score (nSPS) is 22.9. The van der Waals surface area contributed by atoms with E-state index in [-0.39, 0.29) is 42.7 Å². The van der Waals surface area contributed by atoms with E-state index in [4.69, 9.17) is 21.3 Å². The molecule has 3 fully saturated rings. The number of hydrogen-bond acceptors (Lipinski definition) is 11. The van der Waals surface area contributed by atoms with Crippen molar-refractivity contribution in [2.24, 2.45) is 0 Å². The van der Waals surface area contributed by atoms with Crippen molar-refractivity contribution in [1.82, 2.24) is 44.4 Å². The number of hydrogen-bond donors (Lipinski definition) is 0. The lowest BCUT2D eigenvalue weighted by Gasteiger charge is -2.41. The molecule has 16 heteroatoms. The maximum absolute atomic E-state index is 17.0. The van der Waals surface area contributed by atoms with E-state index < -0.39 is 23.6 Å². The molecule has 288 valence electrons. The van der Waals surface area contributed by atoms with Crippen LogP contribution in [0.1, 0.15) is 31.5 Å². The predicted molar refractivity (Wildman–Crippen MR) is 206 cm³/mol. The third kappa shape index (κ3) is 6.69. The van der Waals surface area contributed by atoms with Crippen LogP contribution in [-0.4, -0.2) is 120 Å². The van der Waals surface area contributed by atoms with Gasteiger partial charge in [0.2, 0.25) is 5.91 Å². The van der Waals surface area contributed by atoms with Gasteiger partial charge in [0, 0.05) is 73.9 Å². The second-order valence-corrected chi connectivity index (χ2v) is 15.5. The fourth-order valence-electron chi connectivity index (χ4n) is 8.94. The molecule has 3 aromatic heterocycles. The fourth-order valence-corrected chi connectivity index (χ4v) is 9.22. The van der Waals surface area contributed by atoms with Gasteiger partial charge in [-0.2, -0.15) is 20.3 Å². The summed E-state index contributed by atoms with van der Waals surface area (Å²) in [5, 5.41) is 16.4. The summed E-state index contributed by atoms with van der Waals surface area (Å²) in [7, 11) is 0. The number of nitriles is 1. The van der Waals surface area contributed by atoms with Gasteiger partial charge in [0.25, 0.3) is 0 Å². The lowest BCUT2D eigenvalue weighted by Crippen LogP contribution is -2.55. The monoisotopic (exact) mass is 779 g/mol. The van der Waals surface area contributed by atoms with Crippen LogP contribution in [0.5, 0.6) is 6.01 Å². The van der Waals surface area contributed by atoms with Crippen molar-refractivity contribution in [2.75, 3.05) is 57.3 Å². The highest BCUT2D eigenvalue weighted by Crippen LogP contribution is 2.41. The number of nitrogens with zero attached hydrogens (tertiary/aromatic N) is 11. The lowest BCUT2D eigenvalue weighted by atomic mass is 9.95. The van der Waals surface area contributed by atoms with Gasteiger partial charge in [-0.05, 0) is 30.8 Å². The molecule has 56 heavy (non-hydrogen) atoms. The minimum Gasteiger partial charge on any atom is -0.461 e. The van der Waals surface area contributed by atoms with Crippen molar-refractivity contribution in [1.29, 1.82) is 5.26 Å². The van der Waals surface area contributed by atoms with Gasteiger partial charge in [-0.15, -0.1) is 0 Å². The number of rotatable bonds is 9. The van der Waals surface area contributed by atoms with Crippen LogP contribution in [0, 0.1) is 17.1 Å². The van der Waals surface area contributed by atoms with Crippen molar-refractivity contribution in [3.8, 4) is 23.3 Å². The summed E-state index contributed by atoms with van der Waals surface area (Å²) < 4.78 is 39.8. The molecule has 4 aliphatic rings. The Morgan fingerprint density at radius 3 is 2.84 bits per heavy atom. The average Bonchev–Trinajstić information content (AvgIpc) is 3.91. The highest BCUT2D eigenvalue weighted by Gasteiger charge is 2.49. The standard InChI is InChI=1S/C40H40ClF2N11O2/c41-31-8-2-6-26-5-1-7-29(34(26)31)36-35(43)37-30(20-45-36)38(49-39(48-37)56-24-40-11-4-14-52(40)21-27(42)19-40)51-16-17-53(28(22-51)10-12-44)33(55)9-3-13-50-15-18-54-32(23-50)46-25-47-54/h1-3,5-9,20,25,27-28H,4,10-11,13-19,21-24H2/b9-3+/t27-,28+,40+/m1/s1. The molecule has 1 amide bonds. The van der Waals surface area contributed by atoms with Gasteiger partial charge < -0.3 is 14.5 Å². The van der Waals surface area contributed by atoms with Gasteiger partial charge >= 0.3 is 6.01 Å². The highest BCUT2D eigenvalue weighted by atomic mass is 35.5. The molecule has 3 atom stereocenters. The molecule has 4 aliphatic heterocycles. The van der Waals surface area contributed by atoms with Gasteiger partial charge in [0.05, 0.1) is 42.5 Å². The molecule has 3 saturated heterocycles. The molecule has 5 aromatic rings. The number of aromatic nitrogens is 6. The minimum atomic E-state index is -0.941. The highest BCUT2D eigenvalue weighted by molar-refractivity contribution is 6.36. The van der Waals surface area contributed by atoms with Gasteiger partial charge in [0.1, 0.15) is 42.0 Å². The van der Waals surface area contributed by atoms with E-state index in [1.165, 1.54) is 0 Å². The van der Waals surface area contributed by atoms with E-state index in [2.05, 4.69) is 35.9 Å². The summed E-state index contributed by atoms with van der Waals surface area (Å²) >= 11 is 6.65. The zero-order valence-electron chi connectivity index (χ0n) is 30.7. The number of anilines is 1. The summed E-state index contributed by atoms with van der Waals surface area (Å²) in [6.07, 6.45) is 7.78. The van der Waals surface area contributed by atoms with E-state index in [0.29, 0.717) is 66.3 Å². The molecule has 0 bridgehead atoms. The molecule has 0 N–H and O–H groups in total. The Kier molecular flexibility index (Phi) is 9.72. The number of carbonyl (C=O) groups is 1. The molecular formula is C40H40ClF2N11O2. The number of piperazine rings is 1. The first-order valence-electron chi connectivity index (χ1n) is 19.0. The Morgan fingerprint density at radius 2 is 1.96 bits per heavy atom. The largest absolute Gasteiger partial charge is 0.461 e. The number of amides is 1. The molecule has 0 spiro atoms. The second kappa shape index (κ2) is 15.0. The summed E-state index contributed by atoms with van der Waals surface area (Å²) in [6.45, 7) is 5.03. The summed E-state index contributed by atoms with van der Waals surface area (Å²) in [6, 6.07) is 12.8. The quantitative estimate of drug-likeness (QED) is 0.183. The van der Waals surface area contributed by atoms with Crippen molar-refractivity contribution < 1.29 is 18.3 Å². The Labute approximate surface area is 327 Å². The topological polar surface area (TPSA) is 132 Å². The van der Waals surface area contributed by atoms with Gasteiger partial charge in [0.15, 0.2) is 5.82 Å². The first-order valence-corrected chi connectivity index (χ1v) is 19.4.